The van der Waals surface area contributed by atoms with Gasteiger partial charge < -0.3 is 42.6 Å². The summed E-state index contributed by atoms with van der Waals surface area (Å²) in [6.45, 7) is 8.33. The third kappa shape index (κ3) is 29.6. The molecule has 24 heteroatoms. The number of esters is 3. The number of aromatic nitrogens is 3. The second kappa shape index (κ2) is 36.3. The van der Waals surface area contributed by atoms with E-state index in [2.05, 4.69) is 49.9 Å². The molecule has 0 amide bonds. The molecule has 0 aliphatic heterocycles. The van der Waals surface area contributed by atoms with Gasteiger partial charge in [-0.25, -0.2) is 29.3 Å². The van der Waals surface area contributed by atoms with Crippen LogP contribution in [0.4, 0.5) is 39.5 Å². The van der Waals surface area contributed by atoms with Crippen molar-refractivity contribution in [1.29, 1.82) is 0 Å². The second-order valence-electron chi connectivity index (χ2n) is 18.2. The summed E-state index contributed by atoms with van der Waals surface area (Å²) in [5, 5.41) is 0. The number of pyridine rings is 3. The summed E-state index contributed by atoms with van der Waals surface area (Å²) in [5.74, 6) is -1.89. The number of ether oxygens (including phenoxy) is 9. The fourth-order valence-electron chi connectivity index (χ4n) is 7.06. The van der Waals surface area contributed by atoms with Crippen LogP contribution >= 0.6 is 0 Å². The molecule has 6 rings (SSSR count). The van der Waals surface area contributed by atoms with Gasteiger partial charge in [0.2, 0.25) is 17.6 Å². The summed E-state index contributed by atoms with van der Waals surface area (Å²) in [6.07, 6.45) is 5.65. The van der Waals surface area contributed by atoms with Crippen LogP contribution in [-0.2, 0) is 0 Å². The Balaban J connectivity index is 0.000000270. The van der Waals surface area contributed by atoms with E-state index in [1.54, 1.807) is 72.8 Å². The van der Waals surface area contributed by atoms with Crippen LogP contribution in [0, 0.1) is 0 Å². The standard InChI is InChI=1S/C21H24F3NO4.C20H22F3NO4.C19H20F3NO4/c1-2-3-4-5-6-7-14-27-17-10-8-16(9-11-17)20(26)28-18-12-13-19(25-15-18)29-21(22,23)24;1-2-3-4-5-6-13-26-16-9-7-15(8-10-16)19(25)27-17-11-12-18(24-14-17)28-20(21,22)23;1-2-3-4-5-12-25-15-8-6-14(7-9-15)18(24)26-16-10-11-17(23-13-16)27-19(20,21)22/h8-13,15H,2-7,14H2,1H3;7-12,14H,2-6,13H2,1H3;6-11,13H,2-5,12H2,1H3. The minimum absolute atomic E-state index is 0.00535. The van der Waals surface area contributed by atoms with Gasteiger partial charge in [0, 0.05) is 18.2 Å². The van der Waals surface area contributed by atoms with Gasteiger partial charge in [-0.1, -0.05) is 97.8 Å². The highest BCUT2D eigenvalue weighted by atomic mass is 19.4. The number of hydrogen-bond donors (Lipinski definition) is 0. The first kappa shape index (κ1) is 68.2. The van der Waals surface area contributed by atoms with Gasteiger partial charge in [0.05, 0.1) is 55.1 Å². The first-order valence-corrected chi connectivity index (χ1v) is 27.1. The number of rotatable bonds is 30. The largest absolute Gasteiger partial charge is 0.574 e. The topological polar surface area (TPSA) is 173 Å². The van der Waals surface area contributed by atoms with Crippen molar-refractivity contribution in [3.63, 3.8) is 0 Å². The average molecular weight is 1190 g/mol. The van der Waals surface area contributed by atoms with Crippen molar-refractivity contribution in [2.75, 3.05) is 19.8 Å². The van der Waals surface area contributed by atoms with Crippen LogP contribution in [0.5, 0.6) is 52.1 Å². The van der Waals surface area contributed by atoms with E-state index in [1.165, 1.54) is 69.6 Å². The molecule has 0 saturated carbocycles. The predicted molar refractivity (Wildman–Crippen MR) is 290 cm³/mol. The summed E-state index contributed by atoms with van der Waals surface area (Å²) in [5.41, 5.74) is 0.849. The van der Waals surface area contributed by atoms with Crippen LogP contribution in [0.15, 0.2) is 128 Å². The quantitative estimate of drug-likeness (QED) is 0.0237. The molecule has 0 bridgehead atoms. The molecule has 456 valence electrons. The summed E-state index contributed by atoms with van der Waals surface area (Å²) in [4.78, 5) is 46.6. The summed E-state index contributed by atoms with van der Waals surface area (Å²) in [7, 11) is 0. The molecule has 0 N–H and O–H groups in total. The van der Waals surface area contributed by atoms with E-state index >= 15 is 0 Å². The number of alkyl halides is 9. The van der Waals surface area contributed by atoms with Crippen molar-refractivity contribution < 1.29 is 96.5 Å². The van der Waals surface area contributed by atoms with Crippen LogP contribution in [0.3, 0.4) is 0 Å². The highest BCUT2D eigenvalue weighted by Gasteiger charge is 2.33. The Morgan fingerprint density at radius 2 is 0.548 bits per heavy atom. The number of unbranched alkanes of at least 4 members (excludes halogenated alkanes) is 12. The van der Waals surface area contributed by atoms with E-state index in [0.29, 0.717) is 37.1 Å². The third-order valence-electron chi connectivity index (χ3n) is 11.2. The van der Waals surface area contributed by atoms with Gasteiger partial charge in [-0.3, -0.25) is 0 Å². The third-order valence-corrected chi connectivity index (χ3v) is 11.2. The van der Waals surface area contributed by atoms with Gasteiger partial charge in [-0.15, -0.1) is 39.5 Å². The molecule has 0 fully saturated rings. The minimum atomic E-state index is -4.83. The van der Waals surface area contributed by atoms with Crippen LogP contribution in [0.1, 0.15) is 148 Å². The molecule has 0 aliphatic rings. The van der Waals surface area contributed by atoms with Crippen molar-refractivity contribution in [3.05, 3.63) is 144 Å². The van der Waals surface area contributed by atoms with Crippen LogP contribution in [0.25, 0.3) is 0 Å². The monoisotopic (exact) mass is 1190 g/mol. The zero-order valence-electron chi connectivity index (χ0n) is 46.5. The highest BCUT2D eigenvalue weighted by molar-refractivity contribution is 5.92. The Labute approximate surface area is 480 Å². The Morgan fingerprint density at radius 3 is 0.774 bits per heavy atom. The lowest BCUT2D eigenvalue weighted by Gasteiger charge is -2.09. The Bertz CT molecular complexity index is 2810. The van der Waals surface area contributed by atoms with Crippen molar-refractivity contribution in [2.24, 2.45) is 0 Å². The number of benzene rings is 3. The number of halogens is 9. The highest BCUT2D eigenvalue weighted by Crippen LogP contribution is 2.27. The van der Waals surface area contributed by atoms with E-state index in [1.807, 2.05) is 0 Å². The summed E-state index contributed by atoms with van der Waals surface area (Å²) in [6, 6.07) is 25.8. The first-order valence-electron chi connectivity index (χ1n) is 27.1. The zero-order chi connectivity index (χ0) is 61.2. The van der Waals surface area contributed by atoms with E-state index in [-0.39, 0.29) is 33.9 Å². The molecule has 3 aromatic carbocycles. The van der Waals surface area contributed by atoms with Crippen LogP contribution in [0.2, 0.25) is 0 Å². The van der Waals surface area contributed by atoms with Crippen molar-refractivity contribution in [3.8, 4) is 52.1 Å². The molecule has 3 heterocycles. The van der Waals surface area contributed by atoms with Gasteiger partial charge in [-0.05, 0) is 110 Å². The van der Waals surface area contributed by atoms with Gasteiger partial charge in [0.25, 0.3) is 0 Å². The Hall–Kier alpha value is -8.31. The van der Waals surface area contributed by atoms with Crippen LogP contribution < -0.4 is 42.6 Å². The number of hydrogen-bond acceptors (Lipinski definition) is 15. The van der Waals surface area contributed by atoms with E-state index < -0.39 is 54.6 Å². The molecule has 0 atom stereocenters. The fraction of sp³-hybridized carbons (Fsp3) is 0.400. The maximum absolute atomic E-state index is 12.1. The maximum Gasteiger partial charge on any atom is 0.574 e. The predicted octanol–water partition coefficient (Wildman–Crippen LogP) is 16.6. The summed E-state index contributed by atoms with van der Waals surface area (Å²) < 4.78 is 152. The lowest BCUT2D eigenvalue weighted by molar-refractivity contribution is -0.277. The van der Waals surface area contributed by atoms with Crippen LogP contribution in [-0.4, -0.2) is 71.8 Å². The number of carbonyl (C=O) groups excluding carboxylic acids is 3. The molecular weight excluding hydrogens is 1130 g/mol. The Morgan fingerprint density at radius 1 is 0.321 bits per heavy atom. The van der Waals surface area contributed by atoms with Gasteiger partial charge >= 0.3 is 37.0 Å². The summed E-state index contributed by atoms with van der Waals surface area (Å²) >= 11 is 0. The zero-order valence-corrected chi connectivity index (χ0v) is 46.5. The normalized spacial score (nSPS) is 11.1. The molecule has 0 spiro atoms. The maximum atomic E-state index is 12.1. The van der Waals surface area contributed by atoms with E-state index in [0.717, 1.165) is 81.7 Å². The SMILES string of the molecule is CCCCCCCCOc1ccc(C(=O)Oc2ccc(OC(F)(F)F)nc2)cc1.CCCCCCCOc1ccc(C(=O)Oc2ccc(OC(F)(F)F)nc2)cc1.CCCCCCOc1ccc(C(=O)Oc2ccc(OC(F)(F)F)nc2)cc1. The average Bonchev–Trinajstić information content (AvgIpc) is 3.58. The van der Waals surface area contributed by atoms with Crippen molar-refractivity contribution in [2.45, 2.75) is 136 Å². The molecule has 84 heavy (non-hydrogen) atoms. The lowest BCUT2D eigenvalue weighted by Crippen LogP contribution is -2.17. The molecule has 3 aromatic heterocycles. The lowest BCUT2D eigenvalue weighted by atomic mass is 10.1. The molecule has 0 unspecified atom stereocenters. The second-order valence-corrected chi connectivity index (χ2v) is 18.2. The molecule has 6 aromatic rings. The molecule has 0 saturated heterocycles. The van der Waals surface area contributed by atoms with E-state index in [9.17, 15) is 53.9 Å². The molecular formula is C60H66F9N3O12. The van der Waals surface area contributed by atoms with Crippen molar-refractivity contribution in [1.82, 2.24) is 15.0 Å². The van der Waals surface area contributed by atoms with Gasteiger partial charge in [0.15, 0.2) is 0 Å². The first-order chi connectivity index (χ1) is 40.1. The van der Waals surface area contributed by atoms with E-state index in [4.69, 9.17) is 28.4 Å². The fourth-order valence-corrected chi connectivity index (χ4v) is 7.06. The number of carbonyl (C=O) groups is 3. The minimum Gasteiger partial charge on any atom is -0.494 e. The number of nitrogens with zero attached hydrogens (tertiary/aromatic N) is 3. The van der Waals surface area contributed by atoms with Crippen molar-refractivity contribution >= 4 is 17.9 Å². The van der Waals surface area contributed by atoms with Gasteiger partial charge in [-0.2, -0.15) is 0 Å². The Kier molecular flexibility index (Phi) is 29.5. The smallest absolute Gasteiger partial charge is 0.494 e. The molecule has 15 nitrogen and oxygen atoms in total. The van der Waals surface area contributed by atoms with Gasteiger partial charge in [0.1, 0.15) is 34.5 Å². The molecule has 0 aliphatic carbocycles. The molecule has 0 radical (unpaired) electrons.